The second-order valence-corrected chi connectivity index (χ2v) is 5.71. The third-order valence-corrected chi connectivity index (χ3v) is 4.05. The van der Waals surface area contributed by atoms with E-state index in [-0.39, 0.29) is 52.5 Å². The highest BCUT2D eigenvalue weighted by molar-refractivity contribution is 6.30. The van der Waals surface area contributed by atoms with Crippen molar-refractivity contribution in [3.05, 3.63) is 83.5 Å². The third-order valence-electron chi connectivity index (χ3n) is 4.05. The van der Waals surface area contributed by atoms with E-state index < -0.39 is 17.5 Å². The lowest BCUT2D eigenvalue weighted by atomic mass is 9.82. The highest BCUT2D eigenvalue weighted by Gasteiger charge is 2.36. The summed E-state index contributed by atoms with van der Waals surface area (Å²) in [7, 11) is 0. The van der Waals surface area contributed by atoms with Gasteiger partial charge in [-0.3, -0.25) is 9.59 Å². The van der Waals surface area contributed by atoms with E-state index in [1.54, 1.807) is 18.2 Å². The Kier molecular flexibility index (Phi) is 4.90. The number of carboxylic acid groups (broad SMARTS) is 1. The molecule has 0 saturated heterocycles. The zero-order chi connectivity index (χ0) is 19.6. The predicted molar refractivity (Wildman–Crippen MR) is 98.1 cm³/mol. The molecular formula is C21H16O6. The number of hydrogen-bond acceptors (Lipinski definition) is 5. The third kappa shape index (κ3) is 3.01. The van der Waals surface area contributed by atoms with Gasteiger partial charge < -0.3 is 14.6 Å². The van der Waals surface area contributed by atoms with Gasteiger partial charge in [-0.1, -0.05) is 49.6 Å². The van der Waals surface area contributed by atoms with Gasteiger partial charge in [0.2, 0.25) is 0 Å². The van der Waals surface area contributed by atoms with Gasteiger partial charge in [-0.2, -0.15) is 0 Å². The van der Waals surface area contributed by atoms with Crippen LogP contribution in [-0.4, -0.2) is 35.9 Å². The van der Waals surface area contributed by atoms with Gasteiger partial charge in [0.15, 0.2) is 23.1 Å². The molecule has 0 atom stereocenters. The van der Waals surface area contributed by atoms with Crippen molar-refractivity contribution in [2.45, 2.75) is 0 Å². The topological polar surface area (TPSA) is 89.9 Å². The Labute approximate surface area is 155 Å². The maximum atomic E-state index is 13.1. The van der Waals surface area contributed by atoms with E-state index in [1.807, 2.05) is 0 Å². The fourth-order valence-corrected chi connectivity index (χ4v) is 2.93. The van der Waals surface area contributed by atoms with E-state index in [2.05, 4.69) is 13.2 Å². The molecule has 27 heavy (non-hydrogen) atoms. The summed E-state index contributed by atoms with van der Waals surface area (Å²) in [5.74, 6) is -2.39. The molecule has 0 amide bonds. The molecule has 1 N–H and O–H groups in total. The fraction of sp³-hybridized carbons (Fsp3) is 0.0952. The molecule has 0 aromatic heterocycles. The molecule has 6 nitrogen and oxygen atoms in total. The molecule has 0 aliphatic heterocycles. The molecule has 0 radical (unpaired) electrons. The van der Waals surface area contributed by atoms with Crippen LogP contribution in [0.25, 0.3) is 0 Å². The maximum Gasteiger partial charge on any atom is 0.339 e. The van der Waals surface area contributed by atoms with Crippen molar-refractivity contribution in [3.63, 3.8) is 0 Å². The summed E-state index contributed by atoms with van der Waals surface area (Å²) in [5, 5.41) is 9.59. The highest BCUT2D eigenvalue weighted by atomic mass is 16.5. The zero-order valence-electron chi connectivity index (χ0n) is 14.4. The second kappa shape index (κ2) is 7.29. The van der Waals surface area contributed by atoms with Crippen molar-refractivity contribution in [1.82, 2.24) is 0 Å². The minimum absolute atomic E-state index is 0.00222. The Balaban J connectivity index is 2.34. The lowest BCUT2D eigenvalue weighted by molar-refractivity contribution is 0.0691. The predicted octanol–water partition coefficient (Wildman–Crippen LogP) is 3.29. The second-order valence-electron chi connectivity index (χ2n) is 5.71. The van der Waals surface area contributed by atoms with Crippen molar-refractivity contribution in [2.24, 2.45) is 0 Å². The number of hydrogen-bond donors (Lipinski definition) is 1. The van der Waals surface area contributed by atoms with E-state index >= 15 is 0 Å². The van der Waals surface area contributed by atoms with Crippen LogP contribution in [0.5, 0.6) is 11.5 Å². The normalized spacial score (nSPS) is 12.0. The summed E-state index contributed by atoms with van der Waals surface area (Å²) < 4.78 is 11.1. The van der Waals surface area contributed by atoms with Crippen molar-refractivity contribution < 1.29 is 29.0 Å². The van der Waals surface area contributed by atoms with Gasteiger partial charge in [-0.15, -0.1) is 0 Å². The van der Waals surface area contributed by atoms with Gasteiger partial charge in [0.25, 0.3) is 0 Å². The molecule has 0 bridgehead atoms. The Morgan fingerprint density at radius 3 is 2.04 bits per heavy atom. The van der Waals surface area contributed by atoms with Gasteiger partial charge in [0.05, 0.1) is 5.56 Å². The molecule has 2 aromatic rings. The number of benzene rings is 2. The summed E-state index contributed by atoms with van der Waals surface area (Å²) in [6.45, 7) is 7.10. The van der Waals surface area contributed by atoms with Crippen molar-refractivity contribution in [2.75, 3.05) is 13.2 Å². The average Bonchev–Trinajstić information content (AvgIpc) is 2.68. The number of carbonyl (C=O) groups is 3. The molecule has 6 heteroatoms. The monoisotopic (exact) mass is 364 g/mol. The smallest absolute Gasteiger partial charge is 0.339 e. The number of carboxylic acids is 1. The van der Waals surface area contributed by atoms with Crippen LogP contribution in [0.2, 0.25) is 0 Å². The molecule has 0 heterocycles. The minimum atomic E-state index is -1.31. The largest absolute Gasteiger partial charge is 0.485 e. The molecule has 2 aromatic carbocycles. The van der Waals surface area contributed by atoms with Crippen LogP contribution >= 0.6 is 0 Å². The first-order valence-electron chi connectivity index (χ1n) is 8.11. The molecule has 0 unspecified atom stereocenters. The summed E-state index contributed by atoms with van der Waals surface area (Å²) >= 11 is 0. The van der Waals surface area contributed by atoms with Crippen LogP contribution in [0.1, 0.15) is 42.2 Å². The van der Waals surface area contributed by atoms with Crippen LogP contribution in [0.3, 0.4) is 0 Å². The Hall–Kier alpha value is -3.67. The molecular weight excluding hydrogens is 348 g/mol. The van der Waals surface area contributed by atoms with Crippen LogP contribution < -0.4 is 9.47 Å². The summed E-state index contributed by atoms with van der Waals surface area (Å²) in [5.41, 5.74) is 0.151. The zero-order valence-corrected chi connectivity index (χ0v) is 14.4. The first kappa shape index (κ1) is 18.1. The van der Waals surface area contributed by atoms with Crippen molar-refractivity contribution in [3.8, 4) is 11.5 Å². The summed E-state index contributed by atoms with van der Waals surface area (Å²) in [6, 6.07) is 7.54. The van der Waals surface area contributed by atoms with E-state index in [9.17, 15) is 19.5 Å². The fourth-order valence-electron chi connectivity index (χ4n) is 2.93. The Morgan fingerprint density at radius 1 is 0.926 bits per heavy atom. The Morgan fingerprint density at radius 2 is 1.48 bits per heavy atom. The highest BCUT2D eigenvalue weighted by Crippen LogP contribution is 2.42. The molecule has 3 rings (SSSR count). The molecule has 0 fully saturated rings. The van der Waals surface area contributed by atoms with Crippen LogP contribution in [0.15, 0.2) is 55.6 Å². The first-order valence-corrected chi connectivity index (χ1v) is 8.11. The van der Waals surface area contributed by atoms with E-state index in [4.69, 9.17) is 9.47 Å². The van der Waals surface area contributed by atoms with Gasteiger partial charge in [0, 0.05) is 16.7 Å². The van der Waals surface area contributed by atoms with Gasteiger partial charge in [-0.25, -0.2) is 4.79 Å². The van der Waals surface area contributed by atoms with Gasteiger partial charge in [-0.05, 0) is 6.07 Å². The van der Waals surface area contributed by atoms with Crippen LogP contribution in [0.4, 0.5) is 0 Å². The number of ketones is 2. The van der Waals surface area contributed by atoms with E-state index in [0.717, 1.165) is 6.07 Å². The average molecular weight is 364 g/mol. The standard InChI is InChI=1S/C21H16O6/c1-3-9-26-19-15(21(24)25)11-14-16(20(19)27-10-4-2)18(23)13-8-6-5-7-12(13)17(14)22/h3-8,11H,1-2,9-10H2,(H,24,25). The van der Waals surface area contributed by atoms with E-state index in [0.29, 0.717) is 0 Å². The lowest BCUT2D eigenvalue weighted by Crippen LogP contribution is -2.23. The number of rotatable bonds is 7. The quantitative estimate of drug-likeness (QED) is 0.647. The van der Waals surface area contributed by atoms with Gasteiger partial charge in [0.1, 0.15) is 18.8 Å². The molecule has 0 saturated carbocycles. The number of fused-ring (bicyclic) bond motifs is 2. The molecule has 1 aliphatic rings. The van der Waals surface area contributed by atoms with E-state index in [1.165, 1.54) is 18.2 Å². The lowest BCUT2D eigenvalue weighted by Gasteiger charge is -2.23. The number of ether oxygens (including phenoxy) is 2. The maximum absolute atomic E-state index is 13.1. The van der Waals surface area contributed by atoms with Crippen LogP contribution in [-0.2, 0) is 0 Å². The number of carbonyl (C=O) groups excluding carboxylic acids is 2. The SMILES string of the molecule is C=CCOc1c(C(=O)O)cc2c(c1OCC=C)C(=O)c1ccccc1C2=O. The number of aromatic carboxylic acids is 1. The first-order chi connectivity index (χ1) is 13.0. The molecule has 1 aliphatic carbocycles. The van der Waals surface area contributed by atoms with Crippen molar-refractivity contribution >= 4 is 17.5 Å². The van der Waals surface area contributed by atoms with Crippen molar-refractivity contribution in [1.29, 1.82) is 0 Å². The minimum Gasteiger partial charge on any atom is -0.485 e. The summed E-state index contributed by atoms with van der Waals surface area (Å²) in [4.78, 5) is 37.7. The Bertz CT molecular complexity index is 986. The molecule has 136 valence electrons. The summed E-state index contributed by atoms with van der Waals surface area (Å²) in [6.07, 6.45) is 2.88. The molecule has 0 spiro atoms. The van der Waals surface area contributed by atoms with Gasteiger partial charge >= 0.3 is 5.97 Å². The van der Waals surface area contributed by atoms with Crippen LogP contribution in [0, 0.1) is 0 Å².